The van der Waals surface area contributed by atoms with Gasteiger partial charge in [-0.05, 0) is 92.6 Å². The number of allylic oxidation sites excluding steroid dienone is 4. The number of fused-ring (bicyclic) bond motifs is 1. The lowest BCUT2D eigenvalue weighted by molar-refractivity contribution is 0.0862. The molecule has 0 unspecified atom stereocenters. The Labute approximate surface area is 220 Å². The Morgan fingerprint density at radius 3 is 2.64 bits per heavy atom. The number of hydrogen-bond donors (Lipinski definition) is 3. The molecule has 0 saturated heterocycles. The van der Waals surface area contributed by atoms with E-state index in [1.807, 2.05) is 6.92 Å². The van der Waals surface area contributed by atoms with E-state index >= 15 is 0 Å². The van der Waals surface area contributed by atoms with Gasteiger partial charge >= 0.3 is 0 Å². The van der Waals surface area contributed by atoms with Crippen LogP contribution in [0.5, 0.6) is 0 Å². The highest BCUT2D eigenvalue weighted by atomic mass is 32.1. The number of rotatable bonds is 6. The number of thiazole rings is 1. The highest BCUT2D eigenvalue weighted by molar-refractivity contribution is 7.09. The number of aliphatic hydroxyl groups is 3. The SMILES string of the molecule is C=C1C(=CC=C2CCC[C@]3(C)[C@@H]([C@H](C)C=C[C@@H](O)C4(c5nc(C)cs5)CC4)CC[C@@H]23)C[C@@H](O)C[C@@H]1O. The number of nitrogens with zero attached hydrogens (tertiary/aromatic N) is 1. The molecule has 4 nitrogen and oxygen atoms in total. The van der Waals surface area contributed by atoms with Gasteiger partial charge in [-0.3, -0.25) is 0 Å². The predicted octanol–water partition coefficient (Wildman–Crippen LogP) is 6.18. The van der Waals surface area contributed by atoms with Crippen molar-refractivity contribution in [3.05, 3.63) is 63.7 Å². The van der Waals surface area contributed by atoms with Crippen molar-refractivity contribution in [2.45, 2.75) is 102 Å². The maximum Gasteiger partial charge on any atom is 0.102 e. The zero-order chi connectivity index (χ0) is 25.7. The third-order valence-corrected chi connectivity index (χ3v) is 11.1. The number of aromatic nitrogens is 1. The van der Waals surface area contributed by atoms with Crippen molar-refractivity contribution in [1.29, 1.82) is 0 Å². The first kappa shape index (κ1) is 26.1. The third-order valence-electron chi connectivity index (χ3n) is 9.93. The van der Waals surface area contributed by atoms with Crippen LogP contribution in [0, 0.1) is 30.1 Å². The molecule has 1 aromatic heterocycles. The van der Waals surface area contributed by atoms with Crippen LogP contribution in [0.1, 0.15) is 82.3 Å². The third kappa shape index (κ3) is 4.73. The fourth-order valence-corrected chi connectivity index (χ4v) is 8.65. The van der Waals surface area contributed by atoms with E-state index in [2.05, 4.69) is 55.1 Å². The van der Waals surface area contributed by atoms with Crippen LogP contribution in [0.4, 0.5) is 0 Å². The lowest BCUT2D eigenvalue weighted by Crippen LogP contribution is -2.35. The van der Waals surface area contributed by atoms with Crippen LogP contribution in [0.2, 0.25) is 0 Å². The van der Waals surface area contributed by atoms with Gasteiger partial charge in [-0.2, -0.15) is 0 Å². The minimum atomic E-state index is -0.636. The van der Waals surface area contributed by atoms with Crippen molar-refractivity contribution in [1.82, 2.24) is 4.98 Å². The quantitative estimate of drug-likeness (QED) is 0.401. The number of hydrogen-bond acceptors (Lipinski definition) is 5. The van der Waals surface area contributed by atoms with Crippen molar-refractivity contribution in [2.24, 2.45) is 23.2 Å². The first-order valence-corrected chi connectivity index (χ1v) is 14.8. The van der Waals surface area contributed by atoms with Gasteiger partial charge in [0.2, 0.25) is 0 Å². The molecular formula is C31H43NO3S. The second kappa shape index (κ2) is 9.98. The van der Waals surface area contributed by atoms with Gasteiger partial charge in [0.25, 0.3) is 0 Å². The molecule has 0 aliphatic heterocycles. The van der Waals surface area contributed by atoms with Crippen molar-refractivity contribution in [3.63, 3.8) is 0 Å². The molecule has 3 N–H and O–H groups in total. The molecule has 4 saturated carbocycles. The molecule has 5 rings (SSSR count). The largest absolute Gasteiger partial charge is 0.393 e. The summed E-state index contributed by atoms with van der Waals surface area (Å²) in [5.41, 5.74) is 4.43. The molecule has 0 spiro atoms. The Morgan fingerprint density at radius 2 is 1.94 bits per heavy atom. The van der Waals surface area contributed by atoms with E-state index in [0.717, 1.165) is 41.1 Å². The average molecular weight is 510 g/mol. The first-order valence-electron chi connectivity index (χ1n) is 13.9. The molecule has 36 heavy (non-hydrogen) atoms. The molecule has 1 aromatic rings. The molecule has 4 fully saturated rings. The summed E-state index contributed by atoms with van der Waals surface area (Å²) >= 11 is 1.69. The maximum atomic E-state index is 11.1. The summed E-state index contributed by atoms with van der Waals surface area (Å²) in [4.78, 5) is 4.69. The van der Waals surface area contributed by atoms with E-state index in [9.17, 15) is 15.3 Å². The first-order chi connectivity index (χ1) is 17.1. The monoisotopic (exact) mass is 509 g/mol. The molecule has 0 amide bonds. The molecule has 0 bridgehead atoms. The van der Waals surface area contributed by atoms with Crippen LogP contribution in [0.15, 0.2) is 53.0 Å². The fourth-order valence-electron chi connectivity index (χ4n) is 7.56. The Morgan fingerprint density at radius 1 is 1.17 bits per heavy atom. The van der Waals surface area contributed by atoms with Crippen LogP contribution >= 0.6 is 11.3 Å². The summed E-state index contributed by atoms with van der Waals surface area (Å²) < 4.78 is 0. The van der Waals surface area contributed by atoms with Gasteiger partial charge in [0.1, 0.15) is 5.01 Å². The minimum absolute atomic E-state index is 0.157. The lowest BCUT2D eigenvalue weighted by atomic mass is 9.61. The van der Waals surface area contributed by atoms with Crippen molar-refractivity contribution in [2.75, 3.05) is 0 Å². The van der Waals surface area contributed by atoms with E-state index in [4.69, 9.17) is 0 Å². The second-order valence-electron chi connectivity index (χ2n) is 12.3. The summed E-state index contributed by atoms with van der Waals surface area (Å²) in [7, 11) is 0. The van der Waals surface area contributed by atoms with E-state index in [-0.39, 0.29) is 10.8 Å². The van der Waals surface area contributed by atoms with E-state index in [0.29, 0.717) is 30.6 Å². The fraction of sp³-hybridized carbons (Fsp3) is 0.645. The van der Waals surface area contributed by atoms with Gasteiger partial charge in [-0.25, -0.2) is 4.98 Å². The van der Waals surface area contributed by atoms with Gasteiger partial charge in [0, 0.05) is 17.5 Å². The van der Waals surface area contributed by atoms with Crippen LogP contribution in [0.3, 0.4) is 0 Å². The van der Waals surface area contributed by atoms with Gasteiger partial charge in [0.05, 0.1) is 23.7 Å². The van der Waals surface area contributed by atoms with E-state index in [1.165, 1.54) is 31.3 Å². The molecule has 0 aromatic carbocycles. The van der Waals surface area contributed by atoms with E-state index < -0.39 is 18.3 Å². The smallest absolute Gasteiger partial charge is 0.102 e. The highest BCUT2D eigenvalue weighted by Gasteiger charge is 2.53. The lowest BCUT2D eigenvalue weighted by Gasteiger charge is -2.44. The van der Waals surface area contributed by atoms with Crippen LogP contribution in [0.25, 0.3) is 0 Å². The van der Waals surface area contributed by atoms with Crippen LogP contribution in [-0.2, 0) is 5.41 Å². The van der Waals surface area contributed by atoms with Gasteiger partial charge in [0.15, 0.2) is 0 Å². The molecule has 0 radical (unpaired) electrons. The highest BCUT2D eigenvalue weighted by Crippen LogP contribution is 2.60. The molecule has 1 heterocycles. The molecule has 4 aliphatic carbocycles. The molecule has 7 atom stereocenters. The van der Waals surface area contributed by atoms with Crippen LogP contribution < -0.4 is 0 Å². The summed E-state index contributed by atoms with van der Waals surface area (Å²) in [5, 5.41) is 34.6. The van der Waals surface area contributed by atoms with E-state index in [1.54, 1.807) is 11.3 Å². The normalized spacial score (nSPS) is 38.0. The van der Waals surface area contributed by atoms with Gasteiger partial charge in [-0.15, -0.1) is 11.3 Å². The Bertz CT molecular complexity index is 1080. The zero-order valence-electron chi connectivity index (χ0n) is 22.1. The zero-order valence-corrected chi connectivity index (χ0v) is 22.9. The Hall–Kier alpha value is -1.53. The predicted molar refractivity (Wildman–Crippen MR) is 147 cm³/mol. The van der Waals surface area contributed by atoms with Gasteiger partial charge in [-0.1, -0.05) is 50.3 Å². The Kier molecular flexibility index (Phi) is 7.23. The average Bonchev–Trinajstić information content (AvgIpc) is 3.41. The minimum Gasteiger partial charge on any atom is -0.393 e. The Balaban J connectivity index is 1.29. The summed E-state index contributed by atoms with van der Waals surface area (Å²) in [6, 6.07) is 0. The summed E-state index contributed by atoms with van der Waals surface area (Å²) in [5.74, 6) is 1.60. The second-order valence-corrected chi connectivity index (χ2v) is 13.2. The summed E-state index contributed by atoms with van der Waals surface area (Å²) in [6.45, 7) is 10.9. The van der Waals surface area contributed by atoms with Gasteiger partial charge < -0.3 is 15.3 Å². The van der Waals surface area contributed by atoms with Crippen molar-refractivity contribution in [3.8, 4) is 0 Å². The molecule has 4 aliphatic rings. The summed E-state index contributed by atoms with van der Waals surface area (Å²) in [6.07, 6.45) is 16.2. The maximum absolute atomic E-state index is 11.1. The van der Waals surface area contributed by atoms with Crippen molar-refractivity contribution >= 4 is 11.3 Å². The molecular weight excluding hydrogens is 466 g/mol. The van der Waals surface area contributed by atoms with Crippen LogP contribution in [-0.4, -0.2) is 38.6 Å². The van der Waals surface area contributed by atoms with Crippen molar-refractivity contribution < 1.29 is 15.3 Å². The topological polar surface area (TPSA) is 73.6 Å². The number of aliphatic hydroxyl groups excluding tert-OH is 3. The standard InChI is InChI=1S/C31H43NO3S/c1-19(7-12-28(35)31(14-15-31)29-32-20(2)18-36-29)25-10-11-26-22(6-5-13-30(25,26)4)8-9-23-16-24(33)17-27(34)21(23)3/h7-9,12,18-19,24-28,33-35H,3,5-6,10-11,13-17H2,1-2,4H3/t19-,24-,25-,26+,27+,28-,30-/m1/s1. The molecule has 5 heteroatoms. The number of aryl methyl sites for hydroxylation is 1. The molecule has 196 valence electrons.